The Bertz CT molecular complexity index is 572. The lowest BCUT2D eigenvalue weighted by molar-refractivity contribution is 0.453. The highest BCUT2D eigenvalue weighted by atomic mass is 16.4. The van der Waals surface area contributed by atoms with E-state index in [9.17, 15) is 0 Å². The maximum absolute atomic E-state index is 5.45. The summed E-state index contributed by atoms with van der Waals surface area (Å²) in [5, 5.41) is 11.6. The molecule has 0 saturated heterocycles. The van der Waals surface area contributed by atoms with Crippen molar-refractivity contribution in [2.45, 2.75) is 52.1 Å². The first-order chi connectivity index (χ1) is 9.76. The standard InChI is InChI=1S/C15H22N4O/c1-3-7-16-14-6-4-5-12-8-19(9-13(12)14)10-15-18-17-11(2)20-15/h8-9,14,16H,3-7,10H2,1-2H3. The molecule has 1 aliphatic carbocycles. The summed E-state index contributed by atoms with van der Waals surface area (Å²) in [5.41, 5.74) is 2.90. The molecular weight excluding hydrogens is 252 g/mol. The first kappa shape index (κ1) is 13.4. The van der Waals surface area contributed by atoms with Gasteiger partial charge in [-0.15, -0.1) is 10.2 Å². The summed E-state index contributed by atoms with van der Waals surface area (Å²) in [7, 11) is 0. The molecule has 0 bridgehead atoms. The van der Waals surface area contributed by atoms with Crippen molar-refractivity contribution in [1.82, 2.24) is 20.1 Å². The van der Waals surface area contributed by atoms with Gasteiger partial charge in [0.25, 0.3) is 0 Å². The number of hydrogen-bond acceptors (Lipinski definition) is 4. The van der Waals surface area contributed by atoms with E-state index in [1.165, 1.54) is 36.8 Å². The van der Waals surface area contributed by atoms with E-state index in [1.54, 1.807) is 0 Å². The van der Waals surface area contributed by atoms with Crippen LogP contribution in [-0.4, -0.2) is 21.3 Å². The molecule has 108 valence electrons. The minimum atomic E-state index is 0.504. The van der Waals surface area contributed by atoms with Crippen LogP contribution in [0.15, 0.2) is 16.8 Å². The molecule has 3 rings (SSSR count). The van der Waals surface area contributed by atoms with Gasteiger partial charge in [0.15, 0.2) is 0 Å². The van der Waals surface area contributed by atoms with Gasteiger partial charge in [-0.25, -0.2) is 0 Å². The van der Waals surface area contributed by atoms with E-state index in [4.69, 9.17) is 4.42 Å². The minimum Gasteiger partial charge on any atom is -0.424 e. The van der Waals surface area contributed by atoms with Gasteiger partial charge in [-0.3, -0.25) is 0 Å². The Hall–Kier alpha value is -1.62. The molecule has 0 amide bonds. The molecule has 0 fully saturated rings. The highest BCUT2D eigenvalue weighted by Crippen LogP contribution is 2.30. The van der Waals surface area contributed by atoms with Crippen LogP contribution in [0.25, 0.3) is 0 Å². The van der Waals surface area contributed by atoms with E-state index in [1.807, 2.05) is 6.92 Å². The number of rotatable bonds is 5. The van der Waals surface area contributed by atoms with Gasteiger partial charge in [0.1, 0.15) is 6.54 Å². The SMILES string of the molecule is CCCNC1CCCc2cn(Cc3nnc(C)o3)cc21. The fraction of sp³-hybridized carbons (Fsp3) is 0.600. The summed E-state index contributed by atoms with van der Waals surface area (Å²) in [6.45, 7) is 5.77. The highest BCUT2D eigenvalue weighted by Gasteiger charge is 2.21. The summed E-state index contributed by atoms with van der Waals surface area (Å²) in [5.74, 6) is 1.30. The van der Waals surface area contributed by atoms with Gasteiger partial charge in [-0.05, 0) is 43.4 Å². The second kappa shape index (κ2) is 5.79. The second-order valence-electron chi connectivity index (χ2n) is 5.52. The molecule has 2 aromatic heterocycles. The lowest BCUT2D eigenvalue weighted by atomic mass is 9.91. The molecule has 0 aromatic carbocycles. The van der Waals surface area contributed by atoms with Gasteiger partial charge in [-0.1, -0.05) is 6.92 Å². The smallest absolute Gasteiger partial charge is 0.236 e. The summed E-state index contributed by atoms with van der Waals surface area (Å²) >= 11 is 0. The van der Waals surface area contributed by atoms with Gasteiger partial charge in [0.05, 0.1) is 0 Å². The normalized spacial score (nSPS) is 18.2. The molecule has 20 heavy (non-hydrogen) atoms. The average molecular weight is 274 g/mol. The maximum atomic E-state index is 5.45. The first-order valence-electron chi connectivity index (χ1n) is 7.47. The first-order valence-corrected chi connectivity index (χ1v) is 7.47. The molecule has 2 aromatic rings. The number of fused-ring (bicyclic) bond motifs is 1. The van der Waals surface area contributed by atoms with Crippen LogP contribution in [0.4, 0.5) is 0 Å². The van der Waals surface area contributed by atoms with Crippen molar-refractivity contribution in [1.29, 1.82) is 0 Å². The van der Waals surface area contributed by atoms with Crippen LogP contribution in [0.2, 0.25) is 0 Å². The summed E-state index contributed by atoms with van der Waals surface area (Å²) < 4.78 is 7.62. The average Bonchev–Trinajstić information content (AvgIpc) is 3.02. The molecule has 1 atom stereocenters. The van der Waals surface area contributed by atoms with E-state index < -0.39 is 0 Å². The summed E-state index contributed by atoms with van der Waals surface area (Å²) in [6.07, 6.45) is 9.31. The van der Waals surface area contributed by atoms with Crippen LogP contribution in [0.3, 0.4) is 0 Å². The van der Waals surface area contributed by atoms with Crippen molar-refractivity contribution in [3.8, 4) is 0 Å². The van der Waals surface area contributed by atoms with Crippen molar-refractivity contribution in [2.75, 3.05) is 6.54 Å². The molecule has 5 heteroatoms. The van der Waals surface area contributed by atoms with Gasteiger partial charge in [0, 0.05) is 25.4 Å². The van der Waals surface area contributed by atoms with E-state index in [0.717, 1.165) is 6.54 Å². The van der Waals surface area contributed by atoms with Gasteiger partial charge in [-0.2, -0.15) is 0 Å². The van der Waals surface area contributed by atoms with Crippen LogP contribution in [-0.2, 0) is 13.0 Å². The largest absolute Gasteiger partial charge is 0.424 e. The molecule has 1 unspecified atom stereocenters. The van der Waals surface area contributed by atoms with Crippen LogP contribution in [0, 0.1) is 6.92 Å². The summed E-state index contributed by atoms with van der Waals surface area (Å²) in [6, 6.07) is 0.504. The van der Waals surface area contributed by atoms with Crippen LogP contribution in [0.5, 0.6) is 0 Å². The Morgan fingerprint density at radius 1 is 1.40 bits per heavy atom. The zero-order valence-electron chi connectivity index (χ0n) is 12.2. The van der Waals surface area contributed by atoms with E-state index in [-0.39, 0.29) is 0 Å². The predicted molar refractivity (Wildman–Crippen MR) is 76.5 cm³/mol. The number of nitrogens with one attached hydrogen (secondary N) is 1. The summed E-state index contributed by atoms with van der Waals surface area (Å²) in [4.78, 5) is 0. The van der Waals surface area contributed by atoms with Crippen LogP contribution < -0.4 is 5.32 Å². The van der Waals surface area contributed by atoms with Crippen molar-refractivity contribution in [3.63, 3.8) is 0 Å². The van der Waals surface area contributed by atoms with Gasteiger partial charge < -0.3 is 14.3 Å². The second-order valence-corrected chi connectivity index (χ2v) is 5.52. The van der Waals surface area contributed by atoms with Crippen LogP contribution in [0.1, 0.15) is 55.1 Å². The number of nitrogens with zero attached hydrogens (tertiary/aromatic N) is 3. The van der Waals surface area contributed by atoms with E-state index >= 15 is 0 Å². The van der Waals surface area contributed by atoms with Crippen LogP contribution >= 0.6 is 0 Å². The minimum absolute atomic E-state index is 0.504. The lowest BCUT2D eigenvalue weighted by Gasteiger charge is -2.23. The Morgan fingerprint density at radius 3 is 3.05 bits per heavy atom. The Labute approximate surface area is 119 Å². The van der Waals surface area contributed by atoms with Gasteiger partial charge in [0.2, 0.25) is 11.8 Å². The molecule has 5 nitrogen and oxygen atoms in total. The Morgan fingerprint density at radius 2 is 2.30 bits per heavy atom. The molecule has 0 radical (unpaired) electrons. The predicted octanol–water partition coefficient (Wildman–Crippen LogP) is 2.60. The molecule has 1 aliphatic rings. The van der Waals surface area contributed by atoms with Crippen molar-refractivity contribution < 1.29 is 4.42 Å². The molecule has 0 spiro atoms. The highest BCUT2D eigenvalue weighted by molar-refractivity contribution is 5.30. The van der Waals surface area contributed by atoms with Crippen molar-refractivity contribution in [2.24, 2.45) is 0 Å². The van der Waals surface area contributed by atoms with Crippen molar-refractivity contribution in [3.05, 3.63) is 35.3 Å². The molecule has 0 saturated carbocycles. The fourth-order valence-corrected chi connectivity index (χ4v) is 2.93. The zero-order valence-corrected chi connectivity index (χ0v) is 12.2. The fourth-order valence-electron chi connectivity index (χ4n) is 2.93. The Kier molecular flexibility index (Phi) is 3.87. The van der Waals surface area contributed by atoms with Gasteiger partial charge >= 0.3 is 0 Å². The van der Waals surface area contributed by atoms with E-state index in [0.29, 0.717) is 24.4 Å². The third kappa shape index (κ3) is 2.77. The third-order valence-electron chi connectivity index (χ3n) is 3.84. The molecule has 2 heterocycles. The monoisotopic (exact) mass is 274 g/mol. The number of aryl methyl sites for hydroxylation is 2. The quantitative estimate of drug-likeness (QED) is 0.910. The third-order valence-corrected chi connectivity index (χ3v) is 3.84. The Balaban J connectivity index is 1.76. The zero-order chi connectivity index (χ0) is 13.9. The lowest BCUT2D eigenvalue weighted by Crippen LogP contribution is -2.24. The number of hydrogen-bond donors (Lipinski definition) is 1. The maximum Gasteiger partial charge on any atom is 0.236 e. The van der Waals surface area contributed by atoms with E-state index in [2.05, 4.69) is 39.4 Å². The molecule has 0 aliphatic heterocycles. The molecular formula is C15H22N4O. The number of aromatic nitrogens is 3. The van der Waals surface area contributed by atoms with Crippen molar-refractivity contribution >= 4 is 0 Å². The molecule has 1 N–H and O–H groups in total. The topological polar surface area (TPSA) is 55.9 Å².